The molecule has 1 aliphatic heterocycles. The fraction of sp³-hybridized carbons (Fsp3) is 0.600. The summed E-state index contributed by atoms with van der Waals surface area (Å²) in [6.45, 7) is 4.40. The van der Waals surface area contributed by atoms with Crippen molar-refractivity contribution in [2.24, 2.45) is 0 Å². The molecule has 2 heterocycles. The highest BCUT2D eigenvalue weighted by atomic mass is 32.1. The molecule has 0 spiro atoms. The Morgan fingerprint density at radius 1 is 1.62 bits per heavy atom. The lowest BCUT2D eigenvalue weighted by molar-refractivity contribution is -0.137. The lowest BCUT2D eigenvalue weighted by Gasteiger charge is -2.24. The number of Topliss-reactive ketones (excluding diaryl/α,β-unsaturated/α-hetero) is 1. The van der Waals surface area contributed by atoms with E-state index < -0.39 is 12.0 Å². The molecule has 21 heavy (non-hydrogen) atoms. The second-order valence-corrected chi connectivity index (χ2v) is 6.18. The molecule has 1 fully saturated rings. The average Bonchev–Trinajstić information content (AvgIpc) is 3.09. The molecule has 1 aromatic heterocycles. The van der Waals surface area contributed by atoms with Crippen LogP contribution < -0.4 is 0 Å². The highest BCUT2D eigenvalue weighted by Gasteiger charge is 2.38. The molecule has 0 bridgehead atoms. The smallest absolute Gasteiger partial charge is 0.223 e. The molecule has 2 rings (SSSR count). The average molecular weight is 305 g/mol. The van der Waals surface area contributed by atoms with Crippen LogP contribution in [0.5, 0.6) is 0 Å². The molecule has 6 heteroatoms. The molecule has 1 amide bonds. The molecule has 0 radical (unpaired) electrons. The predicted molar refractivity (Wildman–Crippen MR) is 79.9 cm³/mol. The van der Waals surface area contributed by atoms with Gasteiger partial charge in [0.2, 0.25) is 5.91 Å². The van der Waals surface area contributed by atoms with Gasteiger partial charge in [0.25, 0.3) is 0 Å². The molecule has 0 aliphatic carbocycles. The highest BCUT2D eigenvalue weighted by Crippen LogP contribution is 2.28. The van der Waals surface area contributed by atoms with Gasteiger partial charge in [-0.3, -0.25) is 9.59 Å². The van der Waals surface area contributed by atoms with Gasteiger partial charge < -0.3 is 4.90 Å². The van der Waals surface area contributed by atoms with Gasteiger partial charge in [-0.2, -0.15) is 5.26 Å². The number of aryl methyl sites for hydroxylation is 1. The number of carbonyl (C=O) groups excluding carboxylic acids is 2. The Kier molecular flexibility index (Phi) is 5.07. The number of likely N-dealkylation sites (tertiary alicyclic amines) is 1. The second-order valence-electron chi connectivity index (χ2n) is 5.29. The van der Waals surface area contributed by atoms with Crippen molar-refractivity contribution in [1.82, 2.24) is 9.88 Å². The molecule has 0 aromatic carbocycles. The fourth-order valence-corrected chi connectivity index (χ4v) is 3.50. The molecule has 0 N–H and O–H groups in total. The monoisotopic (exact) mass is 305 g/mol. The first-order valence-corrected chi connectivity index (χ1v) is 8.11. The van der Waals surface area contributed by atoms with Crippen LogP contribution in [0.25, 0.3) is 0 Å². The number of nitriles is 1. The van der Waals surface area contributed by atoms with Crippen LogP contribution in [0.2, 0.25) is 0 Å². The molecule has 0 unspecified atom stereocenters. The minimum atomic E-state index is -0.858. The molecule has 112 valence electrons. The molecule has 2 atom stereocenters. The zero-order valence-corrected chi connectivity index (χ0v) is 13.2. The highest BCUT2D eigenvalue weighted by molar-refractivity contribution is 7.09. The zero-order chi connectivity index (χ0) is 15.4. The number of aromatic nitrogens is 1. The molecule has 0 saturated carbocycles. The molecule has 1 saturated heterocycles. The lowest BCUT2D eigenvalue weighted by Crippen LogP contribution is -2.42. The summed E-state index contributed by atoms with van der Waals surface area (Å²) >= 11 is 1.33. The van der Waals surface area contributed by atoms with Gasteiger partial charge in [-0.15, -0.1) is 11.3 Å². The maximum absolute atomic E-state index is 12.7. The van der Waals surface area contributed by atoms with E-state index in [1.807, 2.05) is 19.2 Å². The number of carbonyl (C=O) groups is 2. The zero-order valence-electron chi connectivity index (χ0n) is 12.3. The summed E-state index contributed by atoms with van der Waals surface area (Å²) in [7, 11) is 0. The van der Waals surface area contributed by atoms with Crippen LogP contribution in [0, 0.1) is 18.3 Å². The van der Waals surface area contributed by atoms with Crippen molar-refractivity contribution in [3.8, 4) is 6.07 Å². The van der Waals surface area contributed by atoms with E-state index in [4.69, 9.17) is 0 Å². The normalized spacial score (nSPS) is 19.3. The molecular formula is C15H19N3O2S. The first-order chi connectivity index (χ1) is 10.1. The quantitative estimate of drug-likeness (QED) is 0.837. The summed E-state index contributed by atoms with van der Waals surface area (Å²) < 4.78 is 0. The summed E-state index contributed by atoms with van der Waals surface area (Å²) in [6, 6.07) is 1.60. The van der Waals surface area contributed by atoms with Crippen LogP contribution >= 0.6 is 11.3 Å². The van der Waals surface area contributed by atoms with E-state index in [2.05, 4.69) is 11.1 Å². The van der Waals surface area contributed by atoms with Crippen LogP contribution in [-0.4, -0.2) is 34.2 Å². The third-order valence-corrected chi connectivity index (χ3v) is 4.69. The van der Waals surface area contributed by atoms with Crippen LogP contribution in [0.1, 0.15) is 49.2 Å². The van der Waals surface area contributed by atoms with Crippen molar-refractivity contribution in [2.75, 3.05) is 6.54 Å². The number of thiazole rings is 1. The van der Waals surface area contributed by atoms with Gasteiger partial charge >= 0.3 is 0 Å². The largest absolute Gasteiger partial charge is 0.333 e. The van der Waals surface area contributed by atoms with Crippen molar-refractivity contribution < 1.29 is 9.59 Å². The third kappa shape index (κ3) is 3.30. The molecule has 5 nitrogen and oxygen atoms in total. The maximum Gasteiger partial charge on any atom is 0.223 e. The van der Waals surface area contributed by atoms with Gasteiger partial charge in [0.15, 0.2) is 11.7 Å². The Morgan fingerprint density at radius 2 is 2.38 bits per heavy atom. The summed E-state index contributed by atoms with van der Waals surface area (Å²) in [5, 5.41) is 11.7. The van der Waals surface area contributed by atoms with Crippen LogP contribution in [-0.2, 0) is 9.59 Å². The predicted octanol–water partition coefficient (Wildman–Crippen LogP) is 2.42. The number of hydrogen-bond acceptors (Lipinski definition) is 5. The topological polar surface area (TPSA) is 74.1 Å². The minimum absolute atomic E-state index is 0.0142. The third-order valence-electron chi connectivity index (χ3n) is 3.66. The maximum atomic E-state index is 12.7. The van der Waals surface area contributed by atoms with Crippen molar-refractivity contribution in [1.29, 1.82) is 5.26 Å². The molecule has 1 aromatic rings. The summed E-state index contributed by atoms with van der Waals surface area (Å²) in [6.07, 6.45) is 2.69. The second kappa shape index (κ2) is 6.81. The van der Waals surface area contributed by atoms with Gasteiger partial charge in [-0.05, 0) is 26.2 Å². The Balaban J connectivity index is 2.17. The van der Waals surface area contributed by atoms with Gasteiger partial charge in [-0.25, -0.2) is 4.98 Å². The van der Waals surface area contributed by atoms with Crippen molar-refractivity contribution >= 4 is 23.0 Å². The van der Waals surface area contributed by atoms with Gasteiger partial charge in [-0.1, -0.05) is 6.92 Å². The van der Waals surface area contributed by atoms with E-state index >= 15 is 0 Å². The van der Waals surface area contributed by atoms with E-state index in [-0.39, 0.29) is 11.7 Å². The standard InChI is InChI=1S/C15H19N3O2S/c1-3-5-13(19)18-7-4-6-12(18)14(20)11(8-16)15-17-10(2)9-21-15/h9,11-12H,3-7H2,1-2H3/t11-,12+/m1/s1. The van der Waals surface area contributed by atoms with Crippen molar-refractivity contribution in [2.45, 2.75) is 51.5 Å². The molecule has 1 aliphatic rings. The number of hydrogen-bond donors (Lipinski definition) is 0. The number of rotatable bonds is 5. The van der Waals surface area contributed by atoms with Crippen LogP contribution in [0.3, 0.4) is 0 Å². The van der Waals surface area contributed by atoms with Gasteiger partial charge in [0.1, 0.15) is 5.01 Å². The van der Waals surface area contributed by atoms with Crippen molar-refractivity contribution in [3.63, 3.8) is 0 Å². The number of nitrogens with zero attached hydrogens (tertiary/aromatic N) is 3. The van der Waals surface area contributed by atoms with E-state index in [9.17, 15) is 14.9 Å². The van der Waals surface area contributed by atoms with Gasteiger partial charge in [0, 0.05) is 24.0 Å². The van der Waals surface area contributed by atoms with E-state index in [0.29, 0.717) is 24.4 Å². The Hall–Kier alpha value is -1.74. The Labute approximate surface area is 128 Å². The summed E-state index contributed by atoms with van der Waals surface area (Å²) in [5.74, 6) is -1.03. The number of amides is 1. The summed E-state index contributed by atoms with van der Waals surface area (Å²) in [4.78, 5) is 30.6. The Morgan fingerprint density at radius 3 is 2.95 bits per heavy atom. The van der Waals surface area contributed by atoms with Crippen LogP contribution in [0.15, 0.2) is 5.38 Å². The fourth-order valence-electron chi connectivity index (χ4n) is 2.66. The Bertz CT molecular complexity index is 576. The summed E-state index contributed by atoms with van der Waals surface area (Å²) in [5.41, 5.74) is 0.813. The SMILES string of the molecule is CCCC(=O)N1CCC[C@H]1C(=O)[C@@H](C#N)c1nc(C)cs1. The first kappa shape index (κ1) is 15.6. The lowest BCUT2D eigenvalue weighted by atomic mass is 9.98. The van der Waals surface area contributed by atoms with Crippen molar-refractivity contribution in [3.05, 3.63) is 16.1 Å². The van der Waals surface area contributed by atoms with E-state index in [1.165, 1.54) is 11.3 Å². The van der Waals surface area contributed by atoms with E-state index in [0.717, 1.165) is 18.5 Å². The minimum Gasteiger partial charge on any atom is -0.333 e. The van der Waals surface area contributed by atoms with E-state index in [1.54, 1.807) is 4.90 Å². The first-order valence-electron chi connectivity index (χ1n) is 7.23. The number of ketones is 1. The molecular weight excluding hydrogens is 286 g/mol. The van der Waals surface area contributed by atoms with Gasteiger partial charge in [0.05, 0.1) is 12.1 Å². The van der Waals surface area contributed by atoms with Crippen LogP contribution in [0.4, 0.5) is 0 Å².